The van der Waals surface area contributed by atoms with Gasteiger partial charge in [-0.05, 0) is 50.6 Å². The molecule has 14 heavy (non-hydrogen) atoms. The Bertz CT molecular complexity index is 145. The highest BCUT2D eigenvalue weighted by Crippen LogP contribution is 2.27. The Kier molecular flexibility index (Phi) is 3.79. The van der Waals surface area contributed by atoms with Gasteiger partial charge in [-0.2, -0.15) is 0 Å². The average Bonchev–Trinajstić information content (AvgIpc) is 2.30. The third kappa shape index (κ3) is 2.47. The Morgan fingerprint density at radius 2 is 1.57 bits per heavy atom. The summed E-state index contributed by atoms with van der Waals surface area (Å²) < 4.78 is 5.31. The molecule has 2 aliphatic rings. The van der Waals surface area contributed by atoms with Gasteiger partial charge in [0.15, 0.2) is 0 Å². The Morgan fingerprint density at radius 3 is 2.21 bits per heavy atom. The van der Waals surface area contributed by atoms with Gasteiger partial charge in [-0.3, -0.25) is 0 Å². The van der Waals surface area contributed by atoms with Gasteiger partial charge in [-0.25, -0.2) is 0 Å². The van der Waals surface area contributed by atoms with Crippen molar-refractivity contribution in [2.24, 2.45) is 11.8 Å². The van der Waals surface area contributed by atoms with E-state index in [0.29, 0.717) is 11.8 Å². The van der Waals surface area contributed by atoms with E-state index < -0.39 is 0 Å². The van der Waals surface area contributed by atoms with Crippen molar-refractivity contribution in [2.45, 2.75) is 31.8 Å². The zero-order valence-corrected chi connectivity index (χ0v) is 8.74. The summed E-state index contributed by atoms with van der Waals surface area (Å²) in [5.74, 6) is 1.02. The fourth-order valence-corrected chi connectivity index (χ4v) is 2.63. The second-order valence-electron chi connectivity index (χ2n) is 4.53. The molecule has 82 valence electrons. The number of hydrogen-bond acceptors (Lipinski definition) is 3. The van der Waals surface area contributed by atoms with Crippen LogP contribution in [0.1, 0.15) is 25.7 Å². The van der Waals surface area contributed by atoms with E-state index in [-0.39, 0.29) is 6.10 Å². The number of aliphatic hydroxyl groups excluding tert-OH is 1. The minimum Gasteiger partial charge on any atom is -0.393 e. The molecule has 0 radical (unpaired) electrons. The van der Waals surface area contributed by atoms with Gasteiger partial charge in [0.2, 0.25) is 0 Å². The number of aliphatic hydroxyl groups is 1. The highest BCUT2D eigenvalue weighted by molar-refractivity contribution is 4.81. The number of hydrogen-bond donors (Lipinski definition) is 2. The molecule has 0 aliphatic carbocycles. The zero-order chi connectivity index (χ0) is 9.80. The van der Waals surface area contributed by atoms with Gasteiger partial charge < -0.3 is 15.2 Å². The van der Waals surface area contributed by atoms with Crippen molar-refractivity contribution in [2.75, 3.05) is 26.3 Å². The van der Waals surface area contributed by atoms with Crippen LogP contribution in [0, 0.1) is 11.8 Å². The molecule has 0 bridgehead atoms. The molecule has 0 aromatic heterocycles. The lowest BCUT2D eigenvalue weighted by Gasteiger charge is -2.34. The second kappa shape index (κ2) is 5.10. The lowest BCUT2D eigenvalue weighted by molar-refractivity contribution is -0.0235. The summed E-state index contributed by atoms with van der Waals surface area (Å²) in [6, 6.07) is 0. The monoisotopic (exact) mass is 199 g/mol. The molecular weight excluding hydrogens is 178 g/mol. The van der Waals surface area contributed by atoms with Crippen LogP contribution in [0.3, 0.4) is 0 Å². The molecular formula is C11H21NO2. The summed E-state index contributed by atoms with van der Waals surface area (Å²) in [6.07, 6.45) is 4.29. The van der Waals surface area contributed by atoms with Crippen LogP contribution < -0.4 is 5.32 Å². The molecule has 2 rings (SSSR count). The molecule has 2 N–H and O–H groups in total. The summed E-state index contributed by atoms with van der Waals surface area (Å²) in [7, 11) is 0. The van der Waals surface area contributed by atoms with Gasteiger partial charge in [-0.15, -0.1) is 0 Å². The lowest BCUT2D eigenvalue weighted by atomic mass is 9.81. The number of piperidine rings is 1. The van der Waals surface area contributed by atoms with Crippen molar-refractivity contribution < 1.29 is 9.84 Å². The second-order valence-corrected chi connectivity index (χ2v) is 4.53. The van der Waals surface area contributed by atoms with E-state index in [1.807, 2.05) is 0 Å². The van der Waals surface area contributed by atoms with Crippen LogP contribution >= 0.6 is 0 Å². The fourth-order valence-electron chi connectivity index (χ4n) is 2.63. The van der Waals surface area contributed by atoms with E-state index in [9.17, 15) is 5.11 Å². The molecule has 3 heteroatoms. The van der Waals surface area contributed by atoms with Crippen LogP contribution in [0.4, 0.5) is 0 Å². The number of ether oxygens (including phenoxy) is 1. The topological polar surface area (TPSA) is 41.5 Å². The van der Waals surface area contributed by atoms with E-state index in [2.05, 4.69) is 5.32 Å². The molecule has 0 amide bonds. The number of rotatable bonds is 2. The van der Waals surface area contributed by atoms with Crippen molar-refractivity contribution in [1.29, 1.82) is 0 Å². The molecule has 1 atom stereocenters. The van der Waals surface area contributed by atoms with Crippen molar-refractivity contribution >= 4 is 0 Å². The Morgan fingerprint density at radius 1 is 1.00 bits per heavy atom. The van der Waals surface area contributed by atoms with Crippen LogP contribution in [0.5, 0.6) is 0 Å². The molecule has 2 aliphatic heterocycles. The normalized spacial score (nSPS) is 28.9. The molecule has 2 fully saturated rings. The lowest BCUT2D eigenvalue weighted by Crippen LogP contribution is -2.39. The van der Waals surface area contributed by atoms with Gasteiger partial charge >= 0.3 is 0 Å². The maximum Gasteiger partial charge on any atom is 0.0599 e. The predicted octanol–water partition coefficient (Wildman–Crippen LogP) is 0.773. The third-order valence-corrected chi connectivity index (χ3v) is 3.62. The van der Waals surface area contributed by atoms with Crippen LogP contribution in [0.2, 0.25) is 0 Å². The van der Waals surface area contributed by atoms with Crippen molar-refractivity contribution in [3.05, 3.63) is 0 Å². The SMILES string of the molecule is OC(C1CCNCC1)C1CCOCC1. The quantitative estimate of drug-likeness (QED) is 0.690. The zero-order valence-electron chi connectivity index (χ0n) is 8.74. The summed E-state index contributed by atoms with van der Waals surface area (Å²) in [5, 5.41) is 13.6. The summed E-state index contributed by atoms with van der Waals surface area (Å²) >= 11 is 0. The van der Waals surface area contributed by atoms with Crippen molar-refractivity contribution in [1.82, 2.24) is 5.32 Å². The highest BCUT2D eigenvalue weighted by atomic mass is 16.5. The standard InChI is InChI=1S/C11H21NO2/c13-11(9-1-5-12-6-2-9)10-3-7-14-8-4-10/h9-13H,1-8H2. The van der Waals surface area contributed by atoms with Gasteiger partial charge in [0.25, 0.3) is 0 Å². The molecule has 0 aromatic carbocycles. The maximum atomic E-state index is 10.2. The first-order chi connectivity index (χ1) is 6.88. The van der Waals surface area contributed by atoms with Crippen molar-refractivity contribution in [3.63, 3.8) is 0 Å². The molecule has 0 aromatic rings. The van der Waals surface area contributed by atoms with Crippen LogP contribution in [0.15, 0.2) is 0 Å². The maximum absolute atomic E-state index is 10.2. The van der Waals surface area contributed by atoms with Gasteiger partial charge in [0.05, 0.1) is 6.10 Å². The van der Waals surface area contributed by atoms with Gasteiger partial charge in [-0.1, -0.05) is 0 Å². The van der Waals surface area contributed by atoms with E-state index >= 15 is 0 Å². The minimum absolute atomic E-state index is 0.0824. The van der Waals surface area contributed by atoms with Crippen LogP contribution in [-0.2, 0) is 4.74 Å². The average molecular weight is 199 g/mol. The molecule has 3 nitrogen and oxygen atoms in total. The molecule has 2 heterocycles. The molecule has 1 unspecified atom stereocenters. The largest absolute Gasteiger partial charge is 0.393 e. The molecule has 2 saturated heterocycles. The van der Waals surface area contributed by atoms with E-state index in [1.54, 1.807) is 0 Å². The van der Waals surface area contributed by atoms with Crippen LogP contribution in [-0.4, -0.2) is 37.5 Å². The summed E-state index contributed by atoms with van der Waals surface area (Å²) in [4.78, 5) is 0. The van der Waals surface area contributed by atoms with E-state index in [4.69, 9.17) is 4.74 Å². The predicted molar refractivity (Wildman–Crippen MR) is 55.1 cm³/mol. The van der Waals surface area contributed by atoms with E-state index in [0.717, 1.165) is 52.0 Å². The van der Waals surface area contributed by atoms with Gasteiger partial charge in [0, 0.05) is 13.2 Å². The molecule has 0 saturated carbocycles. The third-order valence-electron chi connectivity index (χ3n) is 3.62. The summed E-state index contributed by atoms with van der Waals surface area (Å²) in [5.41, 5.74) is 0. The van der Waals surface area contributed by atoms with Crippen LogP contribution in [0.25, 0.3) is 0 Å². The first-order valence-electron chi connectivity index (χ1n) is 5.84. The van der Waals surface area contributed by atoms with E-state index in [1.165, 1.54) is 0 Å². The van der Waals surface area contributed by atoms with Gasteiger partial charge in [0.1, 0.15) is 0 Å². The fraction of sp³-hybridized carbons (Fsp3) is 1.00. The highest BCUT2D eigenvalue weighted by Gasteiger charge is 2.29. The first-order valence-corrected chi connectivity index (χ1v) is 5.84. The van der Waals surface area contributed by atoms with Crippen molar-refractivity contribution in [3.8, 4) is 0 Å². The first kappa shape index (κ1) is 10.4. The number of nitrogens with one attached hydrogen (secondary N) is 1. The Balaban J connectivity index is 1.82. The summed E-state index contributed by atoms with van der Waals surface area (Å²) in [6.45, 7) is 3.83. The Labute approximate surface area is 85.8 Å². The Hall–Kier alpha value is -0.120. The minimum atomic E-state index is -0.0824. The molecule has 0 spiro atoms. The smallest absolute Gasteiger partial charge is 0.0599 e.